The molecule has 0 spiro atoms. The number of fused-ring (bicyclic) bond motifs is 2. The van der Waals surface area contributed by atoms with Crippen LogP contribution in [-0.4, -0.2) is 26.0 Å². The van der Waals surface area contributed by atoms with Crippen LogP contribution in [-0.2, 0) is 5.60 Å². The summed E-state index contributed by atoms with van der Waals surface area (Å²) in [6, 6.07) is 11.9. The van der Waals surface area contributed by atoms with Crippen LogP contribution in [0.1, 0.15) is 11.1 Å². The first-order chi connectivity index (χ1) is 15.2. The number of aliphatic hydroxyl groups is 1. The Bertz CT molecular complexity index is 1460. The van der Waals surface area contributed by atoms with Crippen molar-refractivity contribution in [1.82, 2.24) is 14.8 Å². The van der Waals surface area contributed by atoms with Crippen molar-refractivity contribution in [1.29, 1.82) is 0 Å². The van der Waals surface area contributed by atoms with Gasteiger partial charge in [-0.15, -0.1) is 0 Å². The second-order valence-corrected chi connectivity index (χ2v) is 7.31. The summed E-state index contributed by atoms with van der Waals surface area (Å²) in [4.78, 5) is 2.51. The molecule has 0 aliphatic carbocycles. The number of nitrogens with one attached hydrogen (secondary N) is 1. The van der Waals surface area contributed by atoms with Crippen LogP contribution >= 0.6 is 0 Å². The number of hydrogen-bond donors (Lipinski definition) is 2. The van der Waals surface area contributed by atoms with Crippen LogP contribution in [0.5, 0.6) is 0 Å². The SMILES string of the molecule is [O-][n+]1cccc2c(C(O)(c3ccc4c(cnn4-c4ccc(F)cc4)c3)C(F)(F)F)c[nH]c21. The first kappa shape index (κ1) is 20.0. The molecule has 0 saturated carbocycles. The molecule has 32 heavy (non-hydrogen) atoms. The Balaban J connectivity index is 1.70. The van der Waals surface area contributed by atoms with E-state index in [1.54, 1.807) is 0 Å². The van der Waals surface area contributed by atoms with E-state index in [9.17, 15) is 27.9 Å². The van der Waals surface area contributed by atoms with Crippen LogP contribution in [0, 0.1) is 11.0 Å². The fraction of sp³-hybridized carbons (Fsp3) is 0.0909. The van der Waals surface area contributed by atoms with E-state index in [-0.39, 0.29) is 11.0 Å². The van der Waals surface area contributed by atoms with Crippen molar-refractivity contribution < 1.29 is 27.4 Å². The molecule has 2 N–H and O–H groups in total. The van der Waals surface area contributed by atoms with Gasteiger partial charge in [0, 0.05) is 5.39 Å². The van der Waals surface area contributed by atoms with Crippen LogP contribution < -0.4 is 4.73 Å². The summed E-state index contributed by atoms with van der Waals surface area (Å²) in [6.07, 6.45) is -1.60. The molecule has 0 fully saturated rings. The summed E-state index contributed by atoms with van der Waals surface area (Å²) < 4.78 is 57.9. The highest BCUT2D eigenvalue weighted by atomic mass is 19.4. The number of aromatic nitrogens is 4. The summed E-state index contributed by atoms with van der Waals surface area (Å²) in [5.41, 5.74) is -3.41. The lowest BCUT2D eigenvalue weighted by Crippen LogP contribution is -2.43. The van der Waals surface area contributed by atoms with Gasteiger partial charge in [0.2, 0.25) is 5.60 Å². The van der Waals surface area contributed by atoms with E-state index < -0.39 is 28.7 Å². The zero-order valence-corrected chi connectivity index (χ0v) is 16.1. The number of nitrogens with zero attached hydrogens (tertiary/aromatic N) is 3. The molecule has 6 nitrogen and oxygen atoms in total. The predicted molar refractivity (Wildman–Crippen MR) is 107 cm³/mol. The second kappa shape index (κ2) is 6.79. The normalized spacial score (nSPS) is 14.2. The average molecular weight is 442 g/mol. The van der Waals surface area contributed by atoms with Gasteiger partial charge in [0.1, 0.15) is 5.82 Å². The highest BCUT2D eigenvalue weighted by molar-refractivity contribution is 5.83. The number of H-pyrrole nitrogens is 1. The fourth-order valence-corrected chi connectivity index (χ4v) is 3.88. The van der Waals surface area contributed by atoms with Gasteiger partial charge in [-0.3, -0.25) is 0 Å². The number of hydrogen-bond acceptors (Lipinski definition) is 3. The Hall–Kier alpha value is -3.92. The van der Waals surface area contributed by atoms with Crippen LogP contribution in [0.2, 0.25) is 0 Å². The van der Waals surface area contributed by atoms with Crippen molar-refractivity contribution in [3.05, 3.63) is 95.3 Å². The molecule has 0 aliphatic heterocycles. The Morgan fingerprint density at radius 3 is 2.53 bits per heavy atom. The summed E-state index contributed by atoms with van der Waals surface area (Å²) in [7, 11) is 0. The number of aromatic amines is 1. The van der Waals surface area contributed by atoms with Gasteiger partial charge < -0.3 is 10.3 Å². The Morgan fingerprint density at radius 1 is 1.06 bits per heavy atom. The molecule has 10 heteroatoms. The van der Waals surface area contributed by atoms with Gasteiger partial charge in [-0.1, -0.05) is 6.07 Å². The summed E-state index contributed by atoms with van der Waals surface area (Å²) in [6.45, 7) is 0. The van der Waals surface area contributed by atoms with Gasteiger partial charge in [0.15, 0.2) is 0 Å². The van der Waals surface area contributed by atoms with E-state index >= 15 is 0 Å². The quantitative estimate of drug-likeness (QED) is 0.251. The third-order valence-corrected chi connectivity index (χ3v) is 5.46. The standard InChI is InChI=1S/C22H14F4N4O2/c23-15-4-6-16(7-5-15)30-19-8-3-14(10-13(19)11-28-30)21(31,22(24,25)26)18-12-27-20-17(18)2-1-9-29(20)32/h1-12,27,31H. The van der Waals surface area contributed by atoms with Crippen molar-refractivity contribution in [3.8, 4) is 5.69 Å². The van der Waals surface area contributed by atoms with E-state index in [2.05, 4.69) is 10.1 Å². The van der Waals surface area contributed by atoms with Crippen molar-refractivity contribution in [2.24, 2.45) is 0 Å². The molecule has 1 unspecified atom stereocenters. The minimum atomic E-state index is -5.09. The number of alkyl halides is 3. The fourth-order valence-electron chi connectivity index (χ4n) is 3.88. The molecule has 0 amide bonds. The van der Waals surface area contributed by atoms with E-state index in [1.165, 1.54) is 59.4 Å². The number of benzene rings is 2. The van der Waals surface area contributed by atoms with Gasteiger partial charge in [0.05, 0.1) is 40.7 Å². The lowest BCUT2D eigenvalue weighted by atomic mass is 9.85. The molecule has 0 bridgehead atoms. The molecular weight excluding hydrogens is 428 g/mol. The van der Waals surface area contributed by atoms with Crippen LogP contribution in [0.3, 0.4) is 0 Å². The summed E-state index contributed by atoms with van der Waals surface area (Å²) in [5.74, 6) is -0.430. The molecule has 0 radical (unpaired) electrons. The lowest BCUT2D eigenvalue weighted by molar-refractivity contribution is -0.579. The summed E-state index contributed by atoms with van der Waals surface area (Å²) in [5, 5.41) is 27.5. The third-order valence-electron chi connectivity index (χ3n) is 5.46. The van der Waals surface area contributed by atoms with Crippen LogP contribution in [0.25, 0.3) is 27.6 Å². The van der Waals surface area contributed by atoms with Gasteiger partial charge in [0.25, 0.3) is 5.65 Å². The molecule has 3 aromatic heterocycles. The maximum Gasteiger partial charge on any atom is 0.425 e. The first-order valence-electron chi connectivity index (χ1n) is 9.43. The van der Waals surface area contributed by atoms with E-state index in [4.69, 9.17) is 0 Å². The van der Waals surface area contributed by atoms with E-state index in [1.807, 2.05) is 0 Å². The second-order valence-electron chi connectivity index (χ2n) is 7.31. The number of halogens is 4. The van der Waals surface area contributed by atoms with Crippen molar-refractivity contribution in [2.75, 3.05) is 0 Å². The largest absolute Gasteiger partial charge is 0.711 e. The molecule has 0 aliphatic rings. The Kier molecular flexibility index (Phi) is 4.25. The highest BCUT2D eigenvalue weighted by Gasteiger charge is 2.58. The van der Waals surface area contributed by atoms with Crippen molar-refractivity contribution in [2.45, 2.75) is 11.8 Å². The zero-order valence-electron chi connectivity index (χ0n) is 16.1. The zero-order chi connectivity index (χ0) is 22.7. The molecule has 5 rings (SSSR count). The van der Waals surface area contributed by atoms with Gasteiger partial charge >= 0.3 is 6.18 Å². The molecule has 0 saturated heterocycles. The monoisotopic (exact) mass is 442 g/mol. The third kappa shape index (κ3) is 2.83. The van der Waals surface area contributed by atoms with Gasteiger partial charge in [-0.25, -0.2) is 18.8 Å². The molecule has 162 valence electrons. The van der Waals surface area contributed by atoms with Gasteiger partial charge in [-0.2, -0.15) is 18.3 Å². The topological polar surface area (TPSA) is 80.8 Å². The predicted octanol–water partition coefficient (Wildman–Crippen LogP) is 4.08. The number of rotatable bonds is 3. The van der Waals surface area contributed by atoms with Crippen molar-refractivity contribution >= 4 is 21.9 Å². The van der Waals surface area contributed by atoms with Crippen molar-refractivity contribution in [3.63, 3.8) is 0 Å². The van der Waals surface area contributed by atoms with Gasteiger partial charge in [-0.05, 0) is 54.1 Å². The smallest absolute Gasteiger partial charge is 0.425 e. The minimum absolute atomic E-state index is 0.0515. The maximum absolute atomic E-state index is 14.3. The molecule has 1 atom stereocenters. The number of pyridine rings is 1. The highest BCUT2D eigenvalue weighted by Crippen LogP contribution is 2.46. The molecular formula is C22H14F4N4O2. The van der Waals surface area contributed by atoms with Crippen LogP contribution in [0.15, 0.2) is 73.2 Å². The molecule has 5 aromatic rings. The van der Waals surface area contributed by atoms with E-state index in [0.29, 0.717) is 21.3 Å². The maximum atomic E-state index is 14.3. The van der Waals surface area contributed by atoms with E-state index in [0.717, 1.165) is 18.5 Å². The Morgan fingerprint density at radius 2 is 1.81 bits per heavy atom. The molecule has 3 heterocycles. The van der Waals surface area contributed by atoms with Crippen LogP contribution in [0.4, 0.5) is 17.6 Å². The summed E-state index contributed by atoms with van der Waals surface area (Å²) >= 11 is 0. The molecule has 2 aromatic carbocycles. The average Bonchev–Trinajstić information content (AvgIpc) is 3.38. The Labute approximate surface area is 177 Å². The lowest BCUT2D eigenvalue weighted by Gasteiger charge is -2.30. The minimum Gasteiger partial charge on any atom is -0.711 e. The first-order valence-corrected chi connectivity index (χ1v) is 9.43.